The zero-order valence-electron chi connectivity index (χ0n) is 12.9. The van der Waals surface area contributed by atoms with Crippen LogP contribution in [0.2, 0.25) is 0 Å². The summed E-state index contributed by atoms with van der Waals surface area (Å²) in [5.74, 6) is 0.636. The first-order chi connectivity index (χ1) is 10.2. The van der Waals surface area contributed by atoms with Crippen LogP contribution in [0.15, 0.2) is 30.3 Å². The van der Waals surface area contributed by atoms with E-state index in [0.717, 1.165) is 31.1 Å². The van der Waals surface area contributed by atoms with Crippen LogP contribution < -0.4 is 11.1 Å². The molecule has 0 aromatic heterocycles. The predicted molar refractivity (Wildman–Crippen MR) is 86.1 cm³/mol. The molecular formula is C17H27N3O. The average molecular weight is 289 g/mol. The first-order valence-corrected chi connectivity index (χ1v) is 7.95. The van der Waals surface area contributed by atoms with E-state index in [2.05, 4.69) is 17.1 Å². The molecule has 0 radical (unpaired) electrons. The quantitative estimate of drug-likeness (QED) is 0.836. The molecule has 1 unspecified atom stereocenters. The first kappa shape index (κ1) is 16.0. The Balaban J connectivity index is 1.75. The molecule has 1 aliphatic heterocycles. The minimum Gasteiger partial charge on any atom is -0.354 e. The van der Waals surface area contributed by atoms with Crippen molar-refractivity contribution in [3.8, 4) is 0 Å². The number of rotatable bonds is 6. The lowest BCUT2D eigenvalue weighted by Crippen LogP contribution is -2.41. The maximum atomic E-state index is 12.3. The van der Waals surface area contributed by atoms with Crippen LogP contribution in [-0.2, 0) is 4.79 Å². The van der Waals surface area contributed by atoms with Crippen LogP contribution in [0.5, 0.6) is 0 Å². The van der Waals surface area contributed by atoms with E-state index in [1.54, 1.807) is 0 Å². The second kappa shape index (κ2) is 8.15. The van der Waals surface area contributed by atoms with E-state index >= 15 is 0 Å². The van der Waals surface area contributed by atoms with Gasteiger partial charge in [0.05, 0.1) is 5.92 Å². The summed E-state index contributed by atoms with van der Waals surface area (Å²) in [6, 6.07) is 9.76. The zero-order chi connectivity index (χ0) is 15.1. The van der Waals surface area contributed by atoms with Gasteiger partial charge in [-0.2, -0.15) is 0 Å². The smallest absolute Gasteiger partial charge is 0.228 e. The SMILES string of the molecule is CC1CCN(CCNC(=O)C(CN)c2ccccc2)CC1. The van der Waals surface area contributed by atoms with E-state index in [9.17, 15) is 4.79 Å². The van der Waals surface area contributed by atoms with Crippen molar-refractivity contribution >= 4 is 5.91 Å². The number of carbonyl (C=O) groups excluding carboxylic acids is 1. The number of hydrogen-bond acceptors (Lipinski definition) is 3. The maximum Gasteiger partial charge on any atom is 0.228 e. The second-order valence-electron chi connectivity index (χ2n) is 6.01. The molecule has 0 spiro atoms. The summed E-state index contributed by atoms with van der Waals surface area (Å²) in [7, 11) is 0. The van der Waals surface area contributed by atoms with Gasteiger partial charge in [-0.25, -0.2) is 0 Å². The van der Waals surface area contributed by atoms with Crippen molar-refractivity contribution in [2.45, 2.75) is 25.7 Å². The van der Waals surface area contributed by atoms with Gasteiger partial charge >= 0.3 is 0 Å². The molecule has 4 heteroatoms. The van der Waals surface area contributed by atoms with Crippen LogP contribution in [0.25, 0.3) is 0 Å². The number of nitrogens with two attached hydrogens (primary N) is 1. The zero-order valence-corrected chi connectivity index (χ0v) is 12.9. The van der Waals surface area contributed by atoms with Crippen LogP contribution in [0.4, 0.5) is 0 Å². The first-order valence-electron chi connectivity index (χ1n) is 7.95. The van der Waals surface area contributed by atoms with Crippen molar-refractivity contribution < 1.29 is 4.79 Å². The van der Waals surface area contributed by atoms with Gasteiger partial charge in [0.2, 0.25) is 5.91 Å². The van der Waals surface area contributed by atoms with Crippen LogP contribution >= 0.6 is 0 Å². The average Bonchev–Trinajstić information content (AvgIpc) is 2.51. The Morgan fingerprint density at radius 1 is 1.33 bits per heavy atom. The lowest BCUT2D eigenvalue weighted by Gasteiger charge is -2.30. The molecule has 1 fully saturated rings. The van der Waals surface area contributed by atoms with Gasteiger partial charge in [0, 0.05) is 19.6 Å². The normalized spacial score (nSPS) is 18.4. The van der Waals surface area contributed by atoms with Gasteiger partial charge in [-0.15, -0.1) is 0 Å². The summed E-state index contributed by atoms with van der Waals surface area (Å²) in [6.07, 6.45) is 2.53. The topological polar surface area (TPSA) is 58.4 Å². The third kappa shape index (κ3) is 4.83. The number of nitrogens with one attached hydrogen (secondary N) is 1. The molecule has 0 aliphatic carbocycles. The predicted octanol–water partition coefficient (Wildman–Crippen LogP) is 1.58. The molecule has 116 valence electrons. The van der Waals surface area contributed by atoms with Gasteiger partial charge < -0.3 is 16.0 Å². The lowest BCUT2D eigenvalue weighted by atomic mass is 9.98. The summed E-state index contributed by atoms with van der Waals surface area (Å²) in [6.45, 7) is 6.59. The second-order valence-corrected chi connectivity index (χ2v) is 6.01. The van der Waals surface area contributed by atoms with Crippen molar-refractivity contribution in [3.63, 3.8) is 0 Å². The Morgan fingerprint density at radius 2 is 2.00 bits per heavy atom. The maximum absolute atomic E-state index is 12.3. The Kier molecular flexibility index (Phi) is 6.21. The third-order valence-corrected chi connectivity index (χ3v) is 4.36. The fourth-order valence-electron chi connectivity index (χ4n) is 2.83. The Morgan fingerprint density at radius 3 is 2.62 bits per heavy atom. The van der Waals surface area contributed by atoms with Gasteiger partial charge in [-0.05, 0) is 37.4 Å². The summed E-state index contributed by atoms with van der Waals surface area (Å²) in [5, 5.41) is 3.03. The number of amides is 1. The van der Waals surface area contributed by atoms with Gasteiger partial charge in [0.1, 0.15) is 0 Å². The highest BCUT2D eigenvalue weighted by Crippen LogP contribution is 2.16. The molecule has 4 nitrogen and oxygen atoms in total. The van der Waals surface area contributed by atoms with Gasteiger partial charge in [-0.3, -0.25) is 4.79 Å². The van der Waals surface area contributed by atoms with E-state index in [1.165, 1.54) is 12.8 Å². The molecule has 1 aromatic rings. The molecule has 1 aliphatic rings. The van der Waals surface area contributed by atoms with Crippen molar-refractivity contribution in [1.82, 2.24) is 10.2 Å². The van der Waals surface area contributed by atoms with Crippen LogP contribution in [0.1, 0.15) is 31.2 Å². The summed E-state index contributed by atoms with van der Waals surface area (Å²) < 4.78 is 0. The monoisotopic (exact) mass is 289 g/mol. The minimum absolute atomic E-state index is 0.0362. The highest BCUT2D eigenvalue weighted by atomic mass is 16.1. The molecule has 1 amide bonds. The number of likely N-dealkylation sites (tertiary alicyclic amines) is 1. The highest BCUT2D eigenvalue weighted by Gasteiger charge is 2.19. The van der Waals surface area contributed by atoms with Gasteiger partial charge in [0.25, 0.3) is 0 Å². The fraction of sp³-hybridized carbons (Fsp3) is 0.588. The Bertz CT molecular complexity index is 427. The standard InChI is InChI=1S/C17H27N3O/c1-14-7-10-20(11-8-14)12-9-19-17(21)16(13-18)15-5-3-2-4-6-15/h2-6,14,16H,7-13,18H2,1H3,(H,19,21). The van der Waals surface area contributed by atoms with E-state index in [0.29, 0.717) is 13.1 Å². The third-order valence-electron chi connectivity index (χ3n) is 4.36. The van der Waals surface area contributed by atoms with Gasteiger partial charge in [0.15, 0.2) is 0 Å². The fourth-order valence-corrected chi connectivity index (χ4v) is 2.83. The van der Waals surface area contributed by atoms with E-state index in [4.69, 9.17) is 5.73 Å². The van der Waals surface area contributed by atoms with Crippen LogP contribution in [-0.4, -0.2) is 43.5 Å². The number of piperidine rings is 1. The molecule has 1 aromatic carbocycles. The van der Waals surface area contributed by atoms with Crippen LogP contribution in [0.3, 0.4) is 0 Å². The van der Waals surface area contributed by atoms with Crippen LogP contribution in [0, 0.1) is 5.92 Å². The summed E-state index contributed by atoms with van der Waals surface area (Å²) in [5.41, 5.74) is 6.75. The molecule has 0 saturated carbocycles. The number of carbonyl (C=O) groups is 1. The van der Waals surface area contributed by atoms with E-state index in [1.807, 2.05) is 30.3 Å². The lowest BCUT2D eigenvalue weighted by molar-refractivity contribution is -0.122. The molecule has 1 heterocycles. The Labute approximate surface area is 127 Å². The molecule has 0 bridgehead atoms. The molecule has 3 N–H and O–H groups in total. The largest absolute Gasteiger partial charge is 0.354 e. The molecular weight excluding hydrogens is 262 g/mol. The van der Waals surface area contributed by atoms with Crippen molar-refractivity contribution in [3.05, 3.63) is 35.9 Å². The van der Waals surface area contributed by atoms with Crippen molar-refractivity contribution in [1.29, 1.82) is 0 Å². The molecule has 21 heavy (non-hydrogen) atoms. The van der Waals surface area contributed by atoms with Crippen molar-refractivity contribution in [2.75, 3.05) is 32.7 Å². The van der Waals surface area contributed by atoms with E-state index < -0.39 is 0 Å². The summed E-state index contributed by atoms with van der Waals surface area (Å²) >= 11 is 0. The number of nitrogens with zero attached hydrogens (tertiary/aromatic N) is 1. The molecule has 2 rings (SSSR count). The van der Waals surface area contributed by atoms with Gasteiger partial charge in [-0.1, -0.05) is 37.3 Å². The number of benzene rings is 1. The van der Waals surface area contributed by atoms with E-state index in [-0.39, 0.29) is 11.8 Å². The number of hydrogen-bond donors (Lipinski definition) is 2. The van der Waals surface area contributed by atoms with Crippen molar-refractivity contribution in [2.24, 2.45) is 11.7 Å². The Hall–Kier alpha value is -1.39. The minimum atomic E-state index is -0.243. The highest BCUT2D eigenvalue weighted by molar-refractivity contribution is 5.83. The molecule has 1 atom stereocenters. The summed E-state index contributed by atoms with van der Waals surface area (Å²) in [4.78, 5) is 14.7. The molecule has 1 saturated heterocycles.